The number of benzene rings is 1. The first kappa shape index (κ1) is 14.7. The Morgan fingerprint density at radius 1 is 1.48 bits per heavy atom. The quantitative estimate of drug-likeness (QED) is 0.903. The SMILES string of the molecule is C[C@@H]1[C@H](C(=O)O)CCCN1Cc1cc(Br)c2c(c1)OCO2. The minimum atomic E-state index is -0.695. The second-order valence-electron chi connectivity index (χ2n) is 5.61. The van der Waals surface area contributed by atoms with E-state index in [0.29, 0.717) is 0 Å². The van der Waals surface area contributed by atoms with Crippen LogP contribution in [0.15, 0.2) is 16.6 Å². The zero-order chi connectivity index (χ0) is 15.0. The van der Waals surface area contributed by atoms with Crippen LogP contribution in [0.3, 0.4) is 0 Å². The standard InChI is InChI=1S/C15H18BrNO4/c1-9-11(15(18)19)3-2-4-17(9)7-10-5-12(16)14-13(6-10)20-8-21-14/h5-6,9,11H,2-4,7-8H2,1H3,(H,18,19)/t9-,11-/m1/s1. The van der Waals surface area contributed by atoms with Crippen LogP contribution in [0.25, 0.3) is 0 Å². The highest BCUT2D eigenvalue weighted by Crippen LogP contribution is 2.40. The zero-order valence-electron chi connectivity index (χ0n) is 11.8. The molecule has 6 heteroatoms. The number of likely N-dealkylation sites (tertiary alicyclic amines) is 1. The number of halogens is 1. The molecule has 0 aliphatic carbocycles. The minimum absolute atomic E-state index is 0.0421. The van der Waals surface area contributed by atoms with Gasteiger partial charge < -0.3 is 14.6 Å². The number of hydrogen-bond acceptors (Lipinski definition) is 4. The third kappa shape index (κ3) is 2.87. The van der Waals surface area contributed by atoms with Crippen molar-refractivity contribution < 1.29 is 19.4 Å². The summed E-state index contributed by atoms with van der Waals surface area (Å²) in [4.78, 5) is 13.5. The predicted molar refractivity (Wildman–Crippen MR) is 80.5 cm³/mol. The molecule has 1 aromatic rings. The van der Waals surface area contributed by atoms with Crippen molar-refractivity contribution in [1.82, 2.24) is 4.90 Å². The summed E-state index contributed by atoms with van der Waals surface area (Å²) in [6.45, 7) is 3.90. The molecule has 2 aliphatic heterocycles. The number of nitrogens with zero attached hydrogens (tertiary/aromatic N) is 1. The van der Waals surface area contributed by atoms with E-state index in [2.05, 4.69) is 20.8 Å². The summed E-state index contributed by atoms with van der Waals surface area (Å²) in [5, 5.41) is 9.29. The molecule has 0 aromatic heterocycles. The highest BCUT2D eigenvalue weighted by molar-refractivity contribution is 9.10. The van der Waals surface area contributed by atoms with Crippen LogP contribution in [0.1, 0.15) is 25.3 Å². The first-order valence-corrected chi connectivity index (χ1v) is 7.90. The van der Waals surface area contributed by atoms with Gasteiger partial charge in [0, 0.05) is 12.6 Å². The molecule has 1 saturated heterocycles. The Balaban J connectivity index is 1.77. The van der Waals surface area contributed by atoms with E-state index in [1.807, 2.05) is 19.1 Å². The molecule has 0 unspecified atom stereocenters. The monoisotopic (exact) mass is 355 g/mol. The van der Waals surface area contributed by atoms with E-state index >= 15 is 0 Å². The average molecular weight is 356 g/mol. The summed E-state index contributed by atoms with van der Waals surface area (Å²) in [6, 6.07) is 4.04. The number of carboxylic acid groups (broad SMARTS) is 1. The fraction of sp³-hybridized carbons (Fsp3) is 0.533. The van der Waals surface area contributed by atoms with Gasteiger partial charge in [0.25, 0.3) is 0 Å². The molecule has 2 atom stereocenters. The van der Waals surface area contributed by atoms with E-state index in [1.54, 1.807) is 0 Å². The van der Waals surface area contributed by atoms with Crippen LogP contribution < -0.4 is 9.47 Å². The van der Waals surface area contributed by atoms with Crippen LogP contribution in [0, 0.1) is 5.92 Å². The average Bonchev–Trinajstić information content (AvgIpc) is 2.89. The van der Waals surface area contributed by atoms with Crippen LogP contribution in [0.4, 0.5) is 0 Å². The third-order valence-electron chi connectivity index (χ3n) is 4.31. The van der Waals surface area contributed by atoms with Crippen LogP contribution in [0.5, 0.6) is 11.5 Å². The van der Waals surface area contributed by atoms with Gasteiger partial charge in [-0.2, -0.15) is 0 Å². The smallest absolute Gasteiger partial charge is 0.308 e. The largest absolute Gasteiger partial charge is 0.481 e. The summed E-state index contributed by atoms with van der Waals surface area (Å²) in [7, 11) is 0. The summed E-state index contributed by atoms with van der Waals surface area (Å²) in [6.07, 6.45) is 1.69. The van der Waals surface area contributed by atoms with E-state index in [1.165, 1.54) is 0 Å². The van der Waals surface area contributed by atoms with Gasteiger partial charge >= 0.3 is 5.97 Å². The number of piperidine rings is 1. The van der Waals surface area contributed by atoms with Gasteiger partial charge in [-0.3, -0.25) is 9.69 Å². The van der Waals surface area contributed by atoms with Crippen LogP contribution >= 0.6 is 15.9 Å². The molecule has 114 valence electrons. The molecule has 2 heterocycles. The molecule has 0 saturated carbocycles. The molecule has 0 radical (unpaired) electrons. The van der Waals surface area contributed by atoms with E-state index < -0.39 is 5.97 Å². The van der Waals surface area contributed by atoms with Crippen LogP contribution in [0.2, 0.25) is 0 Å². The normalized spacial score (nSPS) is 25.0. The van der Waals surface area contributed by atoms with Crippen LogP contribution in [-0.4, -0.2) is 35.4 Å². The van der Waals surface area contributed by atoms with E-state index in [-0.39, 0.29) is 18.8 Å². The van der Waals surface area contributed by atoms with Crippen molar-refractivity contribution in [2.45, 2.75) is 32.4 Å². The van der Waals surface area contributed by atoms with E-state index in [4.69, 9.17) is 9.47 Å². The van der Waals surface area contributed by atoms with Crippen molar-refractivity contribution in [3.05, 3.63) is 22.2 Å². The Bertz CT molecular complexity index is 563. The summed E-state index contributed by atoms with van der Waals surface area (Å²) < 4.78 is 11.7. The maximum atomic E-state index is 11.3. The molecule has 3 rings (SSSR count). The number of carbonyl (C=O) groups is 1. The highest BCUT2D eigenvalue weighted by Gasteiger charge is 2.33. The lowest BCUT2D eigenvalue weighted by Crippen LogP contribution is -2.45. The Morgan fingerprint density at radius 3 is 3.05 bits per heavy atom. The number of hydrogen-bond donors (Lipinski definition) is 1. The number of ether oxygens (including phenoxy) is 2. The fourth-order valence-electron chi connectivity index (χ4n) is 3.11. The van der Waals surface area contributed by atoms with Gasteiger partial charge in [-0.15, -0.1) is 0 Å². The Hall–Kier alpha value is -1.27. The minimum Gasteiger partial charge on any atom is -0.481 e. The van der Waals surface area contributed by atoms with Gasteiger partial charge in [-0.1, -0.05) is 0 Å². The summed E-state index contributed by atoms with van der Waals surface area (Å²) in [5.74, 6) is 0.517. The van der Waals surface area contributed by atoms with Crippen molar-refractivity contribution in [3.63, 3.8) is 0 Å². The maximum Gasteiger partial charge on any atom is 0.308 e. The van der Waals surface area contributed by atoms with Crippen molar-refractivity contribution in [2.24, 2.45) is 5.92 Å². The maximum absolute atomic E-state index is 11.3. The first-order chi connectivity index (χ1) is 10.1. The van der Waals surface area contributed by atoms with Gasteiger partial charge in [0.1, 0.15) is 0 Å². The summed E-state index contributed by atoms with van der Waals surface area (Å²) in [5.41, 5.74) is 1.10. The van der Waals surface area contributed by atoms with Crippen molar-refractivity contribution in [1.29, 1.82) is 0 Å². The molecule has 1 fully saturated rings. The lowest BCUT2D eigenvalue weighted by Gasteiger charge is -2.37. The van der Waals surface area contributed by atoms with Gasteiger partial charge in [-0.25, -0.2) is 0 Å². The number of rotatable bonds is 3. The van der Waals surface area contributed by atoms with Crippen molar-refractivity contribution in [3.8, 4) is 11.5 Å². The zero-order valence-corrected chi connectivity index (χ0v) is 13.4. The third-order valence-corrected chi connectivity index (χ3v) is 4.90. The molecular formula is C15H18BrNO4. The molecular weight excluding hydrogens is 338 g/mol. The van der Waals surface area contributed by atoms with Gasteiger partial charge in [0.2, 0.25) is 6.79 Å². The van der Waals surface area contributed by atoms with Gasteiger partial charge in [0.15, 0.2) is 11.5 Å². The molecule has 0 spiro atoms. The Labute approximate surface area is 132 Å². The lowest BCUT2D eigenvalue weighted by molar-refractivity contribution is -0.145. The predicted octanol–water partition coefficient (Wildman–Crippen LogP) is 2.86. The lowest BCUT2D eigenvalue weighted by atomic mass is 9.90. The first-order valence-electron chi connectivity index (χ1n) is 7.11. The number of aliphatic carboxylic acids is 1. The Kier molecular flexibility index (Phi) is 4.08. The van der Waals surface area contributed by atoms with Crippen LogP contribution in [-0.2, 0) is 11.3 Å². The topological polar surface area (TPSA) is 59.0 Å². The number of fused-ring (bicyclic) bond motifs is 1. The van der Waals surface area contributed by atoms with Gasteiger partial charge in [0.05, 0.1) is 10.4 Å². The fourth-order valence-corrected chi connectivity index (χ4v) is 3.72. The summed E-state index contributed by atoms with van der Waals surface area (Å²) >= 11 is 3.50. The van der Waals surface area contributed by atoms with Gasteiger partial charge in [-0.05, 0) is 59.9 Å². The highest BCUT2D eigenvalue weighted by atomic mass is 79.9. The van der Waals surface area contributed by atoms with E-state index in [0.717, 1.165) is 47.5 Å². The van der Waals surface area contributed by atoms with E-state index in [9.17, 15) is 9.90 Å². The molecule has 0 amide bonds. The molecule has 21 heavy (non-hydrogen) atoms. The van der Waals surface area contributed by atoms with Crippen molar-refractivity contribution in [2.75, 3.05) is 13.3 Å². The Morgan fingerprint density at radius 2 is 2.29 bits per heavy atom. The molecule has 1 aromatic carbocycles. The molecule has 0 bridgehead atoms. The second kappa shape index (κ2) is 5.85. The number of carboxylic acids is 1. The molecule has 5 nitrogen and oxygen atoms in total. The van der Waals surface area contributed by atoms with Crippen molar-refractivity contribution >= 4 is 21.9 Å². The molecule has 2 aliphatic rings. The molecule has 1 N–H and O–H groups in total. The second-order valence-corrected chi connectivity index (χ2v) is 6.46.